The lowest BCUT2D eigenvalue weighted by molar-refractivity contribution is -0.123. The monoisotopic (exact) mass is 354 g/mol. The van der Waals surface area contributed by atoms with Crippen LogP contribution >= 0.6 is 0 Å². The number of ether oxygens (including phenoxy) is 1. The van der Waals surface area contributed by atoms with Gasteiger partial charge in [0.25, 0.3) is 5.91 Å². The number of para-hydroxylation sites is 1. The van der Waals surface area contributed by atoms with E-state index in [1.54, 1.807) is 29.2 Å². The van der Waals surface area contributed by atoms with E-state index in [4.69, 9.17) is 4.84 Å². The molecule has 0 aromatic heterocycles. The number of carbonyl (C=O) groups excluding carboxylic acids is 2. The number of methoxy groups -OCH3 is 1. The van der Waals surface area contributed by atoms with Crippen molar-refractivity contribution in [1.29, 1.82) is 0 Å². The SMILES string of the molecule is COC(=O)c1ccc(/C=N/OCC(=O)N(c2ccccc2)C(C)C)cc1. The summed E-state index contributed by atoms with van der Waals surface area (Å²) in [6, 6.07) is 16.1. The minimum atomic E-state index is -0.398. The minimum absolute atomic E-state index is 0.00310. The third-order valence-corrected chi connectivity index (χ3v) is 3.62. The van der Waals surface area contributed by atoms with Gasteiger partial charge >= 0.3 is 5.97 Å². The Kier molecular flexibility index (Phi) is 6.91. The Morgan fingerprint density at radius 1 is 1.08 bits per heavy atom. The van der Waals surface area contributed by atoms with E-state index in [1.165, 1.54) is 13.3 Å². The van der Waals surface area contributed by atoms with Gasteiger partial charge in [-0.3, -0.25) is 4.79 Å². The van der Waals surface area contributed by atoms with Gasteiger partial charge in [-0.05, 0) is 43.7 Å². The lowest BCUT2D eigenvalue weighted by Crippen LogP contribution is -2.39. The van der Waals surface area contributed by atoms with E-state index in [0.29, 0.717) is 5.56 Å². The predicted octanol–water partition coefficient (Wildman–Crippen LogP) is 3.27. The Balaban J connectivity index is 1.92. The number of benzene rings is 2. The summed E-state index contributed by atoms with van der Waals surface area (Å²) in [6.45, 7) is 3.72. The van der Waals surface area contributed by atoms with Crippen molar-refractivity contribution in [3.05, 3.63) is 65.7 Å². The van der Waals surface area contributed by atoms with E-state index >= 15 is 0 Å². The molecule has 136 valence electrons. The van der Waals surface area contributed by atoms with Gasteiger partial charge in [0.1, 0.15) is 0 Å². The summed E-state index contributed by atoms with van der Waals surface area (Å²) in [4.78, 5) is 30.6. The first-order valence-electron chi connectivity index (χ1n) is 8.23. The van der Waals surface area contributed by atoms with E-state index in [-0.39, 0.29) is 18.6 Å². The number of hydrogen-bond acceptors (Lipinski definition) is 5. The van der Waals surface area contributed by atoms with Gasteiger partial charge in [-0.25, -0.2) is 4.79 Å². The molecule has 0 spiro atoms. The van der Waals surface area contributed by atoms with Crippen molar-refractivity contribution < 1.29 is 19.2 Å². The molecule has 0 N–H and O–H groups in total. The number of oxime groups is 1. The summed E-state index contributed by atoms with van der Waals surface area (Å²) in [6.07, 6.45) is 1.48. The fourth-order valence-corrected chi connectivity index (χ4v) is 2.40. The highest BCUT2D eigenvalue weighted by Gasteiger charge is 2.19. The normalized spacial score (nSPS) is 10.8. The van der Waals surface area contributed by atoms with Crippen molar-refractivity contribution in [1.82, 2.24) is 0 Å². The predicted molar refractivity (Wildman–Crippen MR) is 100 cm³/mol. The second kappa shape index (κ2) is 9.36. The van der Waals surface area contributed by atoms with Crippen molar-refractivity contribution in [2.75, 3.05) is 18.6 Å². The first-order valence-corrected chi connectivity index (χ1v) is 8.23. The van der Waals surface area contributed by atoms with Crippen molar-refractivity contribution >= 4 is 23.8 Å². The summed E-state index contributed by atoms with van der Waals surface area (Å²) in [5.41, 5.74) is 2.02. The van der Waals surface area contributed by atoms with E-state index < -0.39 is 5.97 Å². The molecular weight excluding hydrogens is 332 g/mol. The molecule has 0 heterocycles. The zero-order valence-corrected chi connectivity index (χ0v) is 15.1. The average molecular weight is 354 g/mol. The van der Waals surface area contributed by atoms with Gasteiger partial charge in [0, 0.05) is 11.7 Å². The second-order valence-corrected chi connectivity index (χ2v) is 5.81. The minimum Gasteiger partial charge on any atom is -0.465 e. The Hall–Kier alpha value is -3.15. The summed E-state index contributed by atoms with van der Waals surface area (Å²) in [7, 11) is 1.33. The Morgan fingerprint density at radius 2 is 1.73 bits per heavy atom. The van der Waals surface area contributed by atoms with Crippen LogP contribution in [0, 0.1) is 0 Å². The van der Waals surface area contributed by atoms with Gasteiger partial charge in [-0.1, -0.05) is 35.5 Å². The van der Waals surface area contributed by atoms with Crippen LogP contribution in [0.1, 0.15) is 29.8 Å². The second-order valence-electron chi connectivity index (χ2n) is 5.81. The maximum absolute atomic E-state index is 12.4. The highest BCUT2D eigenvalue weighted by Crippen LogP contribution is 2.16. The number of nitrogens with zero attached hydrogens (tertiary/aromatic N) is 2. The van der Waals surface area contributed by atoms with Crippen LogP contribution in [0.25, 0.3) is 0 Å². The number of anilines is 1. The maximum atomic E-state index is 12.4. The van der Waals surface area contributed by atoms with Crippen LogP contribution in [0.4, 0.5) is 5.69 Å². The van der Waals surface area contributed by atoms with Crippen molar-refractivity contribution in [2.24, 2.45) is 5.16 Å². The molecular formula is C20H22N2O4. The first-order chi connectivity index (χ1) is 12.5. The maximum Gasteiger partial charge on any atom is 0.337 e. The van der Waals surface area contributed by atoms with Crippen LogP contribution in [0.2, 0.25) is 0 Å². The topological polar surface area (TPSA) is 68.2 Å². The first kappa shape index (κ1) is 19.2. The van der Waals surface area contributed by atoms with Crippen LogP contribution in [0.15, 0.2) is 59.8 Å². The quantitative estimate of drug-likeness (QED) is 0.435. The van der Waals surface area contributed by atoms with Gasteiger partial charge in [-0.15, -0.1) is 0 Å². The Bertz CT molecular complexity index is 755. The molecule has 6 nitrogen and oxygen atoms in total. The molecule has 0 saturated heterocycles. The van der Waals surface area contributed by atoms with E-state index in [9.17, 15) is 9.59 Å². The van der Waals surface area contributed by atoms with Crippen molar-refractivity contribution in [2.45, 2.75) is 19.9 Å². The standard InChI is InChI=1S/C20H22N2O4/c1-15(2)22(18-7-5-4-6-8-18)19(23)14-26-21-13-16-9-11-17(12-10-16)20(24)25-3/h4-13,15H,14H2,1-3H3/b21-13+. The fourth-order valence-electron chi connectivity index (χ4n) is 2.40. The summed E-state index contributed by atoms with van der Waals surface area (Å²) < 4.78 is 4.64. The Labute approximate surface area is 153 Å². The molecule has 6 heteroatoms. The number of rotatable bonds is 7. The van der Waals surface area contributed by atoms with Crippen molar-refractivity contribution in [3.8, 4) is 0 Å². The van der Waals surface area contributed by atoms with Gasteiger partial charge in [0.2, 0.25) is 0 Å². The molecule has 0 bridgehead atoms. The smallest absolute Gasteiger partial charge is 0.337 e. The number of esters is 1. The number of carbonyl (C=O) groups is 2. The zero-order valence-electron chi connectivity index (χ0n) is 15.1. The van der Waals surface area contributed by atoms with E-state index in [2.05, 4.69) is 9.89 Å². The van der Waals surface area contributed by atoms with E-state index in [0.717, 1.165) is 11.3 Å². The number of amides is 1. The molecule has 2 rings (SSSR count). The molecule has 2 aromatic carbocycles. The molecule has 0 saturated carbocycles. The lowest BCUT2D eigenvalue weighted by Gasteiger charge is -2.26. The average Bonchev–Trinajstić information content (AvgIpc) is 2.66. The van der Waals surface area contributed by atoms with E-state index in [1.807, 2.05) is 44.2 Å². The van der Waals surface area contributed by atoms with Gasteiger partial charge in [0.05, 0.1) is 18.9 Å². The van der Waals surface area contributed by atoms with Gasteiger partial charge < -0.3 is 14.5 Å². The van der Waals surface area contributed by atoms with Crippen LogP contribution in [0.5, 0.6) is 0 Å². The summed E-state index contributed by atoms with van der Waals surface area (Å²) >= 11 is 0. The highest BCUT2D eigenvalue weighted by molar-refractivity contribution is 5.94. The van der Waals surface area contributed by atoms with Crippen LogP contribution in [-0.4, -0.2) is 37.8 Å². The Morgan fingerprint density at radius 3 is 2.31 bits per heavy atom. The van der Waals surface area contributed by atoms with Crippen LogP contribution in [0.3, 0.4) is 0 Å². The molecule has 0 aliphatic carbocycles. The molecule has 0 fully saturated rings. The highest BCUT2D eigenvalue weighted by atomic mass is 16.6. The van der Waals surface area contributed by atoms with Gasteiger partial charge in [-0.2, -0.15) is 0 Å². The largest absolute Gasteiger partial charge is 0.465 e. The molecule has 0 aliphatic rings. The van der Waals surface area contributed by atoms with Crippen molar-refractivity contribution in [3.63, 3.8) is 0 Å². The molecule has 2 aromatic rings. The zero-order chi connectivity index (χ0) is 18.9. The lowest BCUT2D eigenvalue weighted by atomic mass is 10.1. The summed E-state index contributed by atoms with van der Waals surface area (Å²) in [5.74, 6) is -0.575. The molecule has 0 radical (unpaired) electrons. The fraction of sp³-hybridized carbons (Fsp3) is 0.250. The van der Waals surface area contributed by atoms with Crippen LogP contribution < -0.4 is 4.90 Å². The number of hydrogen-bond donors (Lipinski definition) is 0. The molecule has 0 unspecified atom stereocenters. The van der Waals surface area contributed by atoms with Crippen LogP contribution in [-0.2, 0) is 14.4 Å². The van der Waals surface area contributed by atoms with Gasteiger partial charge in [0.15, 0.2) is 6.61 Å². The molecule has 26 heavy (non-hydrogen) atoms. The molecule has 1 amide bonds. The summed E-state index contributed by atoms with van der Waals surface area (Å²) in [5, 5.41) is 3.82. The molecule has 0 aliphatic heterocycles. The third-order valence-electron chi connectivity index (χ3n) is 3.62. The molecule has 0 atom stereocenters. The third kappa shape index (κ3) is 5.17.